The molecular weight excluding hydrogens is 428 g/mol. The van der Waals surface area contributed by atoms with Gasteiger partial charge in [-0.3, -0.25) is 0 Å². The van der Waals surface area contributed by atoms with Gasteiger partial charge in [0.15, 0.2) is 0 Å². The Kier molecular flexibility index (Phi) is 6.70. The van der Waals surface area contributed by atoms with E-state index in [9.17, 15) is 14.1 Å². The van der Waals surface area contributed by atoms with Crippen LogP contribution in [0.5, 0.6) is 5.75 Å². The number of hydrogen-bond donors (Lipinski definition) is 1. The van der Waals surface area contributed by atoms with Crippen molar-refractivity contribution in [3.8, 4) is 17.1 Å². The maximum Gasteiger partial charge on any atom is 0.353 e. The second kappa shape index (κ2) is 9.81. The van der Waals surface area contributed by atoms with E-state index in [-0.39, 0.29) is 16.4 Å². The molecule has 156 valence electrons. The average molecular weight is 449 g/mol. The standard InChI is InChI=1S/C25H20O4S2/c26-22-17-23(29-25(27)24(22)30-15-14-18-8-3-1-4-9-18)19-10-7-13-21(16-19)31(28)20-11-5-2-6-12-20/h1-13,16-17,26H,14-15H2. The molecule has 3 aromatic carbocycles. The largest absolute Gasteiger partial charge is 0.506 e. The van der Waals surface area contributed by atoms with Crippen molar-refractivity contribution in [2.75, 3.05) is 5.75 Å². The van der Waals surface area contributed by atoms with Gasteiger partial charge in [-0.2, -0.15) is 0 Å². The molecule has 0 radical (unpaired) electrons. The molecule has 4 nitrogen and oxygen atoms in total. The summed E-state index contributed by atoms with van der Waals surface area (Å²) in [6.45, 7) is 0. The minimum absolute atomic E-state index is 0.112. The van der Waals surface area contributed by atoms with Gasteiger partial charge in [-0.25, -0.2) is 9.00 Å². The van der Waals surface area contributed by atoms with Gasteiger partial charge in [-0.1, -0.05) is 60.7 Å². The van der Waals surface area contributed by atoms with E-state index in [1.165, 1.54) is 23.4 Å². The Hall–Kier alpha value is -3.09. The molecule has 1 N–H and O–H groups in total. The van der Waals surface area contributed by atoms with Crippen LogP contribution in [0.4, 0.5) is 0 Å². The van der Waals surface area contributed by atoms with Crippen LogP contribution in [0.25, 0.3) is 11.3 Å². The molecule has 0 amide bonds. The van der Waals surface area contributed by atoms with E-state index in [1.54, 1.807) is 36.4 Å². The summed E-state index contributed by atoms with van der Waals surface area (Å²) in [5.41, 5.74) is 1.16. The number of aromatic hydroxyl groups is 1. The monoisotopic (exact) mass is 448 g/mol. The van der Waals surface area contributed by atoms with Crippen LogP contribution in [0.1, 0.15) is 5.56 Å². The summed E-state index contributed by atoms with van der Waals surface area (Å²) in [5.74, 6) is 0.772. The van der Waals surface area contributed by atoms with Gasteiger partial charge in [0, 0.05) is 27.2 Å². The van der Waals surface area contributed by atoms with E-state index < -0.39 is 16.4 Å². The van der Waals surface area contributed by atoms with Gasteiger partial charge in [-0.15, -0.1) is 11.8 Å². The van der Waals surface area contributed by atoms with E-state index in [2.05, 4.69) is 0 Å². The summed E-state index contributed by atoms with van der Waals surface area (Å²) < 4.78 is 18.3. The quantitative estimate of drug-likeness (QED) is 0.377. The van der Waals surface area contributed by atoms with Crippen molar-refractivity contribution in [3.05, 3.63) is 107 Å². The summed E-state index contributed by atoms with van der Waals surface area (Å²) in [6, 6.07) is 27.5. The molecule has 1 heterocycles. The van der Waals surface area contributed by atoms with E-state index in [0.717, 1.165) is 6.42 Å². The van der Waals surface area contributed by atoms with Crippen LogP contribution in [-0.4, -0.2) is 15.1 Å². The highest BCUT2D eigenvalue weighted by Crippen LogP contribution is 2.31. The first-order valence-electron chi connectivity index (χ1n) is 9.73. The molecule has 0 bridgehead atoms. The van der Waals surface area contributed by atoms with Crippen molar-refractivity contribution in [2.24, 2.45) is 0 Å². The summed E-state index contributed by atoms with van der Waals surface area (Å²) >= 11 is 1.27. The zero-order chi connectivity index (χ0) is 21.6. The van der Waals surface area contributed by atoms with Crippen LogP contribution >= 0.6 is 11.8 Å². The maximum absolute atomic E-state index is 12.8. The summed E-state index contributed by atoms with van der Waals surface area (Å²) in [7, 11) is -1.35. The topological polar surface area (TPSA) is 67.5 Å². The van der Waals surface area contributed by atoms with Crippen LogP contribution in [-0.2, 0) is 17.2 Å². The Morgan fingerprint density at radius 1 is 0.839 bits per heavy atom. The first-order chi connectivity index (χ1) is 15.1. The second-order valence-corrected chi connectivity index (χ2v) is 9.39. The number of aryl methyl sites for hydroxylation is 1. The molecule has 0 aliphatic heterocycles. The second-order valence-electron chi connectivity index (χ2n) is 6.81. The molecule has 31 heavy (non-hydrogen) atoms. The molecule has 4 rings (SSSR count). The SMILES string of the molecule is O=c1oc(-c2cccc(S(=O)c3ccccc3)c2)cc(O)c1SCCc1ccccc1. The molecule has 4 aromatic rings. The van der Waals surface area contributed by atoms with Gasteiger partial charge in [0.1, 0.15) is 16.4 Å². The van der Waals surface area contributed by atoms with Gasteiger partial charge in [0.05, 0.1) is 10.8 Å². The fourth-order valence-corrected chi connectivity index (χ4v) is 5.13. The predicted octanol–water partition coefficient (Wildman–Crippen LogP) is 5.51. The zero-order valence-electron chi connectivity index (χ0n) is 16.6. The third-order valence-corrected chi connectivity index (χ3v) is 7.11. The molecule has 6 heteroatoms. The lowest BCUT2D eigenvalue weighted by Gasteiger charge is -2.08. The predicted molar refractivity (Wildman–Crippen MR) is 124 cm³/mol. The summed E-state index contributed by atoms with van der Waals surface area (Å²) in [4.78, 5) is 14.0. The Balaban J connectivity index is 1.54. The Labute approximate surface area is 187 Å². The van der Waals surface area contributed by atoms with Gasteiger partial charge in [-0.05, 0) is 36.2 Å². The highest BCUT2D eigenvalue weighted by molar-refractivity contribution is 7.99. The smallest absolute Gasteiger partial charge is 0.353 e. The van der Waals surface area contributed by atoms with E-state index in [1.807, 2.05) is 48.5 Å². The summed E-state index contributed by atoms with van der Waals surface area (Å²) in [5, 5.41) is 10.4. The fraction of sp³-hybridized carbons (Fsp3) is 0.0800. The van der Waals surface area contributed by atoms with Crippen LogP contribution in [0.2, 0.25) is 0 Å². The molecule has 0 spiro atoms. The van der Waals surface area contributed by atoms with Crippen molar-refractivity contribution in [2.45, 2.75) is 21.1 Å². The number of rotatable bonds is 7. The maximum atomic E-state index is 12.8. The van der Waals surface area contributed by atoms with E-state index in [4.69, 9.17) is 4.42 Å². The van der Waals surface area contributed by atoms with E-state index in [0.29, 0.717) is 21.1 Å². The van der Waals surface area contributed by atoms with Gasteiger partial charge < -0.3 is 9.52 Å². The van der Waals surface area contributed by atoms with Gasteiger partial charge in [0.25, 0.3) is 0 Å². The van der Waals surface area contributed by atoms with Crippen molar-refractivity contribution >= 4 is 22.6 Å². The first-order valence-corrected chi connectivity index (χ1v) is 11.9. The number of benzene rings is 3. The zero-order valence-corrected chi connectivity index (χ0v) is 18.2. The van der Waals surface area contributed by atoms with Crippen LogP contribution in [0.15, 0.2) is 115 Å². The van der Waals surface area contributed by atoms with Crippen LogP contribution in [0.3, 0.4) is 0 Å². The molecule has 0 aliphatic carbocycles. The van der Waals surface area contributed by atoms with Crippen LogP contribution in [0, 0.1) is 0 Å². The first kappa shape index (κ1) is 21.2. The van der Waals surface area contributed by atoms with Crippen molar-refractivity contribution < 1.29 is 13.7 Å². The van der Waals surface area contributed by atoms with Crippen LogP contribution < -0.4 is 5.63 Å². The normalized spacial score (nSPS) is 11.9. The third kappa shape index (κ3) is 5.16. The van der Waals surface area contributed by atoms with Crippen molar-refractivity contribution in [3.63, 3.8) is 0 Å². The average Bonchev–Trinajstić information content (AvgIpc) is 2.81. The molecule has 1 atom stereocenters. The molecule has 0 saturated heterocycles. The molecule has 0 aliphatic rings. The van der Waals surface area contributed by atoms with Crippen molar-refractivity contribution in [1.82, 2.24) is 0 Å². The lowest BCUT2D eigenvalue weighted by atomic mass is 10.1. The Morgan fingerprint density at radius 2 is 1.52 bits per heavy atom. The fourth-order valence-electron chi connectivity index (χ4n) is 3.11. The minimum Gasteiger partial charge on any atom is -0.506 e. The van der Waals surface area contributed by atoms with Crippen molar-refractivity contribution in [1.29, 1.82) is 0 Å². The summed E-state index contributed by atoms with van der Waals surface area (Å²) in [6.07, 6.45) is 0.777. The van der Waals surface area contributed by atoms with Gasteiger partial charge >= 0.3 is 5.63 Å². The van der Waals surface area contributed by atoms with E-state index >= 15 is 0 Å². The lowest BCUT2D eigenvalue weighted by molar-refractivity contribution is 0.430. The molecular formula is C25H20O4S2. The molecule has 0 fully saturated rings. The number of hydrogen-bond acceptors (Lipinski definition) is 5. The highest BCUT2D eigenvalue weighted by Gasteiger charge is 2.15. The molecule has 1 unspecified atom stereocenters. The highest BCUT2D eigenvalue weighted by atomic mass is 32.2. The molecule has 1 aromatic heterocycles. The third-order valence-electron chi connectivity index (χ3n) is 4.66. The molecule has 0 saturated carbocycles. The Bertz CT molecular complexity index is 1250. The van der Waals surface area contributed by atoms with Gasteiger partial charge in [0.2, 0.25) is 0 Å². The minimum atomic E-state index is -1.35. The Morgan fingerprint density at radius 3 is 2.23 bits per heavy atom. The number of thioether (sulfide) groups is 1. The lowest BCUT2D eigenvalue weighted by Crippen LogP contribution is -2.04.